The van der Waals surface area contributed by atoms with Gasteiger partial charge >= 0.3 is 0 Å². The quantitative estimate of drug-likeness (QED) is 0.182. The summed E-state index contributed by atoms with van der Waals surface area (Å²) < 4.78 is 13.8. The molecule has 8 aromatic carbocycles. The second-order valence-corrected chi connectivity index (χ2v) is 14.7. The number of aromatic nitrogens is 2. The topological polar surface area (TPSA) is 19.1 Å². The van der Waals surface area contributed by atoms with Gasteiger partial charge in [0, 0.05) is 47.4 Å². The number of benzene rings is 8. The molecule has 0 spiro atoms. The van der Waals surface area contributed by atoms with Crippen LogP contribution in [-0.2, 0) is 0 Å². The van der Waals surface area contributed by atoms with Crippen LogP contribution in [0, 0.1) is 0 Å². The molecular weight excluding hydrogens is 653 g/mol. The van der Waals surface area contributed by atoms with Crippen molar-refractivity contribution in [3.05, 3.63) is 170 Å². The first-order valence-corrected chi connectivity index (χ1v) is 18.5. The molecule has 0 N–H and O–H groups in total. The third-order valence-corrected chi connectivity index (χ3v) is 12.1. The summed E-state index contributed by atoms with van der Waals surface area (Å²) in [6.07, 6.45) is 0. The summed E-state index contributed by atoms with van der Waals surface area (Å²) in [5, 5.41) is 7.63. The molecule has 1 aliphatic heterocycles. The van der Waals surface area contributed by atoms with Gasteiger partial charge < -0.3 is 13.9 Å². The molecule has 3 nitrogen and oxygen atoms in total. The van der Waals surface area contributed by atoms with Crippen LogP contribution in [0.1, 0.15) is 0 Å². The third kappa shape index (κ3) is 3.79. The minimum Gasteiger partial charge on any atom is -0.453 e. The van der Waals surface area contributed by atoms with E-state index in [1.54, 1.807) is 0 Å². The van der Waals surface area contributed by atoms with Gasteiger partial charge in [0.15, 0.2) is 11.5 Å². The Morgan fingerprint density at radius 3 is 1.98 bits per heavy atom. The van der Waals surface area contributed by atoms with Crippen LogP contribution in [0.25, 0.3) is 97.4 Å². The highest BCUT2D eigenvalue weighted by atomic mass is 32.1. The molecule has 12 rings (SSSR count). The van der Waals surface area contributed by atoms with E-state index >= 15 is 0 Å². The maximum absolute atomic E-state index is 6.39. The molecular formula is C48H28N2OS. The normalized spacial score (nSPS) is 12.4. The van der Waals surface area contributed by atoms with E-state index in [9.17, 15) is 0 Å². The zero-order chi connectivity index (χ0) is 33.9. The molecule has 0 bridgehead atoms. The Hall–Kier alpha value is -6.62. The molecule has 1 aliphatic rings. The molecule has 0 amide bonds. The highest BCUT2D eigenvalue weighted by Crippen LogP contribution is 2.48. The Labute approximate surface area is 302 Å². The van der Waals surface area contributed by atoms with Crippen molar-refractivity contribution in [3.8, 4) is 45.1 Å². The summed E-state index contributed by atoms with van der Waals surface area (Å²) in [5.74, 6) is 1.77. The molecule has 3 aromatic heterocycles. The van der Waals surface area contributed by atoms with Gasteiger partial charge in [0.1, 0.15) is 0 Å². The van der Waals surface area contributed by atoms with Crippen molar-refractivity contribution in [2.45, 2.75) is 0 Å². The van der Waals surface area contributed by atoms with Crippen molar-refractivity contribution in [1.29, 1.82) is 0 Å². The first kappa shape index (κ1) is 28.1. The number of ether oxygens (including phenoxy) is 1. The lowest BCUT2D eigenvalue weighted by Gasteiger charge is -2.20. The Balaban J connectivity index is 1.02. The number of thiophene rings is 1. The number of hydrogen-bond donors (Lipinski definition) is 0. The molecule has 0 aliphatic carbocycles. The largest absolute Gasteiger partial charge is 0.453 e. The van der Waals surface area contributed by atoms with Gasteiger partial charge in [-0.2, -0.15) is 0 Å². The molecule has 0 unspecified atom stereocenters. The number of para-hydroxylation sites is 4. The number of nitrogens with zero attached hydrogens (tertiary/aromatic N) is 2. The SMILES string of the molecule is c1ccc2c(c1)Oc1cccc3c4c(-c5ccc(-n6c7ccccc7c7cc(-c8cccc9sc%10ccccc%10c89)ccc76)cc5)cccc4n-2c13. The van der Waals surface area contributed by atoms with Crippen LogP contribution in [0.2, 0.25) is 0 Å². The van der Waals surface area contributed by atoms with Crippen LogP contribution in [-0.4, -0.2) is 9.13 Å². The molecule has 0 atom stereocenters. The fourth-order valence-corrected chi connectivity index (χ4v) is 9.86. The average Bonchev–Trinajstić information content (AvgIpc) is 3.87. The first-order chi connectivity index (χ1) is 25.8. The van der Waals surface area contributed by atoms with Gasteiger partial charge in [-0.1, -0.05) is 103 Å². The lowest BCUT2D eigenvalue weighted by Crippen LogP contribution is -2.03. The van der Waals surface area contributed by atoms with E-state index in [4.69, 9.17) is 4.74 Å². The van der Waals surface area contributed by atoms with Crippen LogP contribution in [0.3, 0.4) is 0 Å². The van der Waals surface area contributed by atoms with E-state index in [0.717, 1.165) is 28.4 Å². The van der Waals surface area contributed by atoms with Gasteiger partial charge in [-0.05, 0) is 89.0 Å². The summed E-state index contributed by atoms with van der Waals surface area (Å²) in [4.78, 5) is 0. The highest BCUT2D eigenvalue weighted by Gasteiger charge is 2.25. The fourth-order valence-electron chi connectivity index (χ4n) is 8.73. The minimum atomic E-state index is 0.880. The third-order valence-electron chi connectivity index (χ3n) is 10.9. The predicted octanol–water partition coefficient (Wildman–Crippen LogP) is 13.7. The smallest absolute Gasteiger partial charge is 0.152 e. The van der Waals surface area contributed by atoms with Crippen LogP contribution in [0.4, 0.5) is 0 Å². The average molecular weight is 681 g/mol. The molecule has 4 heteroatoms. The molecule has 0 fully saturated rings. The van der Waals surface area contributed by atoms with Crippen molar-refractivity contribution in [2.75, 3.05) is 0 Å². The van der Waals surface area contributed by atoms with Crippen LogP contribution < -0.4 is 4.74 Å². The molecule has 0 saturated heterocycles. The molecule has 4 heterocycles. The monoisotopic (exact) mass is 680 g/mol. The van der Waals surface area contributed by atoms with Crippen LogP contribution in [0.15, 0.2) is 170 Å². The van der Waals surface area contributed by atoms with Crippen molar-refractivity contribution >= 4 is 75.1 Å². The Morgan fingerprint density at radius 1 is 0.404 bits per heavy atom. The number of hydrogen-bond acceptors (Lipinski definition) is 2. The van der Waals surface area contributed by atoms with Gasteiger partial charge in [-0.25, -0.2) is 0 Å². The zero-order valence-electron chi connectivity index (χ0n) is 27.9. The molecule has 242 valence electrons. The van der Waals surface area contributed by atoms with E-state index in [0.29, 0.717) is 0 Å². The molecule has 11 aromatic rings. The summed E-state index contributed by atoms with van der Waals surface area (Å²) >= 11 is 1.87. The van der Waals surface area contributed by atoms with Gasteiger partial charge in [-0.3, -0.25) is 0 Å². The molecule has 0 radical (unpaired) electrons. The summed E-state index contributed by atoms with van der Waals surface area (Å²) in [7, 11) is 0. The van der Waals surface area contributed by atoms with Crippen molar-refractivity contribution < 1.29 is 4.74 Å². The summed E-state index contributed by atoms with van der Waals surface area (Å²) in [5.41, 5.74) is 11.9. The van der Waals surface area contributed by atoms with E-state index < -0.39 is 0 Å². The second-order valence-electron chi connectivity index (χ2n) is 13.7. The zero-order valence-corrected chi connectivity index (χ0v) is 28.7. The van der Waals surface area contributed by atoms with Crippen LogP contribution in [0.5, 0.6) is 11.5 Å². The van der Waals surface area contributed by atoms with Gasteiger partial charge in [0.05, 0.1) is 27.8 Å². The Morgan fingerprint density at radius 2 is 1.06 bits per heavy atom. The number of rotatable bonds is 3. The van der Waals surface area contributed by atoms with E-state index in [1.807, 2.05) is 23.5 Å². The summed E-state index contributed by atoms with van der Waals surface area (Å²) in [6.45, 7) is 0. The molecule has 52 heavy (non-hydrogen) atoms. The second kappa shape index (κ2) is 10.5. The lowest BCUT2D eigenvalue weighted by atomic mass is 9.98. The first-order valence-electron chi connectivity index (χ1n) is 17.7. The van der Waals surface area contributed by atoms with Crippen molar-refractivity contribution in [3.63, 3.8) is 0 Å². The van der Waals surface area contributed by atoms with Crippen LogP contribution >= 0.6 is 11.3 Å². The molecule has 0 saturated carbocycles. The highest BCUT2D eigenvalue weighted by molar-refractivity contribution is 7.25. The summed E-state index contributed by atoms with van der Waals surface area (Å²) in [6, 6.07) is 61.7. The Kier molecular flexibility index (Phi) is 5.65. The minimum absolute atomic E-state index is 0.880. The Bertz CT molecular complexity index is 3270. The lowest BCUT2D eigenvalue weighted by molar-refractivity contribution is 0.476. The van der Waals surface area contributed by atoms with Crippen molar-refractivity contribution in [1.82, 2.24) is 9.13 Å². The van der Waals surface area contributed by atoms with E-state index in [-0.39, 0.29) is 0 Å². The maximum atomic E-state index is 6.39. The van der Waals surface area contributed by atoms with Gasteiger partial charge in [-0.15, -0.1) is 11.3 Å². The maximum Gasteiger partial charge on any atom is 0.152 e. The standard InChI is InChI=1S/C48H28N2OS/c1-3-15-38-34(10-1)37-28-30(33-13-9-21-45-47(33)35-11-2-6-20-44(35)52-45)24-27-39(37)49(38)31-25-22-29(23-26-31)32-12-7-17-41-46(32)36-14-8-19-43-48(36)50(41)40-16-4-5-18-42(40)51-43/h1-28H. The van der Waals surface area contributed by atoms with E-state index in [1.165, 1.54) is 80.5 Å². The van der Waals surface area contributed by atoms with Crippen molar-refractivity contribution in [2.24, 2.45) is 0 Å². The number of fused-ring (bicyclic) bond motifs is 11. The predicted molar refractivity (Wildman–Crippen MR) is 219 cm³/mol. The van der Waals surface area contributed by atoms with Gasteiger partial charge in [0.25, 0.3) is 0 Å². The fraction of sp³-hybridized carbons (Fsp3) is 0. The van der Waals surface area contributed by atoms with Gasteiger partial charge in [0.2, 0.25) is 0 Å². The van der Waals surface area contributed by atoms with E-state index in [2.05, 4.69) is 167 Å².